The summed E-state index contributed by atoms with van der Waals surface area (Å²) in [6.07, 6.45) is 7.54. The lowest BCUT2D eigenvalue weighted by Crippen LogP contribution is -2.31. The number of nitrogens with two attached hydrogens (primary N) is 1. The summed E-state index contributed by atoms with van der Waals surface area (Å²) in [5, 5.41) is 0. The van der Waals surface area contributed by atoms with Gasteiger partial charge in [-0.3, -0.25) is 0 Å². The van der Waals surface area contributed by atoms with Gasteiger partial charge >= 0.3 is 0 Å². The van der Waals surface area contributed by atoms with E-state index in [0.717, 1.165) is 12.2 Å². The summed E-state index contributed by atoms with van der Waals surface area (Å²) in [7, 11) is 0. The number of hydrogen-bond donors (Lipinski definition) is 1. The van der Waals surface area contributed by atoms with E-state index in [-0.39, 0.29) is 6.04 Å². The molecule has 0 fully saturated rings. The average molecular weight is 209 g/mol. The van der Waals surface area contributed by atoms with Crippen LogP contribution >= 0.6 is 0 Å². The third-order valence-electron chi connectivity index (χ3n) is 3.08. The molecule has 2 atom stereocenters. The lowest BCUT2D eigenvalue weighted by atomic mass is 9.89. The quantitative estimate of drug-likeness (QED) is 0.747. The summed E-state index contributed by atoms with van der Waals surface area (Å²) in [4.78, 5) is 0. The predicted molar refractivity (Wildman–Crippen MR) is 63.7 cm³/mol. The Morgan fingerprint density at radius 3 is 2.73 bits per heavy atom. The molecule has 0 bridgehead atoms. The van der Waals surface area contributed by atoms with E-state index in [1.807, 2.05) is 12.1 Å². The molecule has 15 heavy (non-hydrogen) atoms. The Labute approximate surface area is 92.9 Å². The van der Waals surface area contributed by atoms with Gasteiger partial charge in [-0.25, -0.2) is 0 Å². The van der Waals surface area contributed by atoms with E-state index in [9.17, 15) is 0 Å². The molecule has 0 amide bonds. The van der Waals surface area contributed by atoms with E-state index in [0.29, 0.717) is 5.92 Å². The molecular weight excluding hydrogens is 186 g/mol. The SMILES string of the molecule is CCCCC(CC)C(N)Cc1ccco1. The molecule has 0 aliphatic heterocycles. The van der Waals surface area contributed by atoms with Crippen LogP contribution in [0, 0.1) is 5.92 Å². The zero-order valence-electron chi connectivity index (χ0n) is 9.91. The predicted octanol–water partition coefficient (Wildman–Crippen LogP) is 3.37. The highest BCUT2D eigenvalue weighted by atomic mass is 16.3. The number of hydrogen-bond acceptors (Lipinski definition) is 2. The molecule has 0 saturated carbocycles. The normalized spacial score (nSPS) is 15.1. The molecule has 86 valence electrons. The standard InChI is InChI=1S/C13H23NO/c1-3-5-7-11(4-2)13(14)10-12-8-6-9-15-12/h6,8-9,11,13H,3-5,7,10,14H2,1-2H3. The van der Waals surface area contributed by atoms with E-state index in [1.165, 1.54) is 25.7 Å². The Balaban J connectivity index is 2.39. The lowest BCUT2D eigenvalue weighted by Gasteiger charge is -2.21. The minimum absolute atomic E-state index is 0.243. The van der Waals surface area contributed by atoms with Crippen molar-refractivity contribution in [2.75, 3.05) is 0 Å². The Hall–Kier alpha value is -0.760. The molecule has 2 unspecified atom stereocenters. The van der Waals surface area contributed by atoms with Crippen molar-refractivity contribution in [1.29, 1.82) is 0 Å². The minimum atomic E-state index is 0.243. The fourth-order valence-corrected chi connectivity index (χ4v) is 2.01. The zero-order chi connectivity index (χ0) is 11.1. The molecular formula is C13H23NO. The van der Waals surface area contributed by atoms with Crippen LogP contribution in [0.15, 0.2) is 22.8 Å². The van der Waals surface area contributed by atoms with E-state index in [4.69, 9.17) is 10.2 Å². The Morgan fingerprint density at radius 2 is 2.20 bits per heavy atom. The van der Waals surface area contributed by atoms with Crippen LogP contribution in [-0.2, 0) is 6.42 Å². The molecule has 0 saturated heterocycles. The van der Waals surface area contributed by atoms with Gasteiger partial charge < -0.3 is 10.2 Å². The van der Waals surface area contributed by atoms with Crippen molar-refractivity contribution in [2.45, 2.75) is 52.0 Å². The molecule has 2 heteroatoms. The smallest absolute Gasteiger partial charge is 0.105 e. The Kier molecular flexibility index (Phi) is 5.48. The molecule has 2 N–H and O–H groups in total. The first kappa shape index (κ1) is 12.3. The maximum absolute atomic E-state index is 6.20. The van der Waals surface area contributed by atoms with Crippen LogP contribution in [0.4, 0.5) is 0 Å². The molecule has 0 radical (unpaired) electrons. The largest absolute Gasteiger partial charge is 0.469 e. The third-order valence-corrected chi connectivity index (χ3v) is 3.08. The summed E-state index contributed by atoms with van der Waals surface area (Å²) < 4.78 is 5.32. The summed E-state index contributed by atoms with van der Waals surface area (Å²) >= 11 is 0. The van der Waals surface area contributed by atoms with Gasteiger partial charge in [0.25, 0.3) is 0 Å². The van der Waals surface area contributed by atoms with Gasteiger partial charge in [0.15, 0.2) is 0 Å². The average Bonchev–Trinajstić information content (AvgIpc) is 2.71. The van der Waals surface area contributed by atoms with Crippen molar-refractivity contribution in [3.05, 3.63) is 24.2 Å². The van der Waals surface area contributed by atoms with E-state index in [2.05, 4.69) is 13.8 Å². The van der Waals surface area contributed by atoms with Crippen LogP contribution in [0.25, 0.3) is 0 Å². The Morgan fingerprint density at radius 1 is 1.40 bits per heavy atom. The summed E-state index contributed by atoms with van der Waals surface area (Å²) in [5.41, 5.74) is 6.20. The van der Waals surface area contributed by atoms with E-state index < -0.39 is 0 Å². The molecule has 0 aliphatic rings. The van der Waals surface area contributed by atoms with Gasteiger partial charge in [0.05, 0.1) is 6.26 Å². The second-order valence-electron chi connectivity index (χ2n) is 4.26. The highest BCUT2D eigenvalue weighted by Gasteiger charge is 2.16. The molecule has 0 aromatic carbocycles. The molecule has 1 aromatic heterocycles. The fraction of sp³-hybridized carbons (Fsp3) is 0.692. The van der Waals surface area contributed by atoms with Gasteiger partial charge in [-0.15, -0.1) is 0 Å². The van der Waals surface area contributed by atoms with Crippen molar-refractivity contribution in [3.8, 4) is 0 Å². The molecule has 0 aliphatic carbocycles. The van der Waals surface area contributed by atoms with Gasteiger partial charge in [-0.2, -0.15) is 0 Å². The number of rotatable bonds is 7. The van der Waals surface area contributed by atoms with Gasteiger partial charge in [0.1, 0.15) is 5.76 Å². The number of unbranched alkanes of at least 4 members (excludes halogenated alkanes) is 1. The van der Waals surface area contributed by atoms with Gasteiger partial charge in [-0.05, 0) is 24.5 Å². The number of furan rings is 1. The van der Waals surface area contributed by atoms with Crippen LogP contribution in [0.5, 0.6) is 0 Å². The van der Waals surface area contributed by atoms with Crippen molar-refractivity contribution in [2.24, 2.45) is 11.7 Å². The monoisotopic (exact) mass is 209 g/mol. The molecule has 2 nitrogen and oxygen atoms in total. The topological polar surface area (TPSA) is 39.2 Å². The highest BCUT2D eigenvalue weighted by Crippen LogP contribution is 2.18. The second-order valence-corrected chi connectivity index (χ2v) is 4.26. The summed E-state index contributed by atoms with van der Waals surface area (Å²) in [6.45, 7) is 4.45. The van der Waals surface area contributed by atoms with Crippen LogP contribution in [-0.4, -0.2) is 6.04 Å². The van der Waals surface area contributed by atoms with Crippen molar-refractivity contribution < 1.29 is 4.42 Å². The highest BCUT2D eigenvalue weighted by molar-refractivity contribution is 5.00. The van der Waals surface area contributed by atoms with Crippen molar-refractivity contribution in [3.63, 3.8) is 0 Å². The minimum Gasteiger partial charge on any atom is -0.469 e. The molecule has 1 aromatic rings. The summed E-state index contributed by atoms with van der Waals surface area (Å²) in [5.74, 6) is 1.65. The van der Waals surface area contributed by atoms with E-state index >= 15 is 0 Å². The first-order valence-corrected chi connectivity index (χ1v) is 6.05. The van der Waals surface area contributed by atoms with Crippen LogP contribution in [0.3, 0.4) is 0 Å². The molecule has 1 heterocycles. The van der Waals surface area contributed by atoms with Gasteiger partial charge in [0.2, 0.25) is 0 Å². The summed E-state index contributed by atoms with van der Waals surface area (Å²) in [6, 6.07) is 4.18. The van der Waals surface area contributed by atoms with Gasteiger partial charge in [0, 0.05) is 12.5 Å². The van der Waals surface area contributed by atoms with Gasteiger partial charge in [-0.1, -0.05) is 33.1 Å². The third kappa shape index (κ3) is 4.08. The first-order valence-electron chi connectivity index (χ1n) is 6.05. The van der Waals surface area contributed by atoms with Crippen molar-refractivity contribution >= 4 is 0 Å². The van der Waals surface area contributed by atoms with Crippen LogP contribution < -0.4 is 5.73 Å². The maximum atomic E-state index is 6.20. The zero-order valence-corrected chi connectivity index (χ0v) is 9.91. The van der Waals surface area contributed by atoms with E-state index in [1.54, 1.807) is 6.26 Å². The maximum Gasteiger partial charge on any atom is 0.105 e. The van der Waals surface area contributed by atoms with Crippen molar-refractivity contribution in [1.82, 2.24) is 0 Å². The fourth-order valence-electron chi connectivity index (χ4n) is 2.01. The lowest BCUT2D eigenvalue weighted by molar-refractivity contribution is 0.350. The van der Waals surface area contributed by atoms with Crippen LogP contribution in [0.2, 0.25) is 0 Å². The Bertz CT molecular complexity index is 243. The first-order chi connectivity index (χ1) is 7.27. The van der Waals surface area contributed by atoms with Crippen LogP contribution in [0.1, 0.15) is 45.3 Å². The second kappa shape index (κ2) is 6.67. The molecule has 1 rings (SSSR count). The molecule has 0 spiro atoms.